The highest BCUT2D eigenvalue weighted by Gasteiger charge is 2.17. The van der Waals surface area contributed by atoms with Gasteiger partial charge in [-0.3, -0.25) is 4.79 Å². The lowest BCUT2D eigenvalue weighted by atomic mass is 10.0. The molecule has 0 bridgehead atoms. The number of fused-ring (bicyclic) bond motifs is 1. The number of methoxy groups -OCH3 is 1. The molecule has 0 aliphatic heterocycles. The predicted octanol–water partition coefficient (Wildman–Crippen LogP) is 3.65. The van der Waals surface area contributed by atoms with Crippen LogP contribution in [-0.4, -0.2) is 19.6 Å². The van der Waals surface area contributed by atoms with Crippen LogP contribution in [0.15, 0.2) is 36.4 Å². The summed E-state index contributed by atoms with van der Waals surface area (Å²) in [7, 11) is 1.64. The fraction of sp³-hybridized carbons (Fsp3) is 0.312. The first-order chi connectivity index (χ1) is 9.65. The van der Waals surface area contributed by atoms with Crippen LogP contribution in [0.1, 0.15) is 24.3 Å². The summed E-state index contributed by atoms with van der Waals surface area (Å²) >= 11 is 6.21. The van der Waals surface area contributed by atoms with Gasteiger partial charge in [0.1, 0.15) is 11.1 Å². The van der Waals surface area contributed by atoms with Crippen LogP contribution in [0.2, 0.25) is 0 Å². The van der Waals surface area contributed by atoms with Gasteiger partial charge in [0.05, 0.1) is 7.11 Å². The minimum Gasteiger partial charge on any atom is -0.497 e. The molecule has 0 saturated heterocycles. The van der Waals surface area contributed by atoms with Crippen LogP contribution in [0.25, 0.3) is 10.8 Å². The molecule has 0 aliphatic rings. The van der Waals surface area contributed by atoms with Crippen molar-refractivity contribution in [2.75, 3.05) is 13.7 Å². The number of nitrogens with one attached hydrogen (secondary N) is 1. The molecule has 0 fully saturated rings. The average Bonchev–Trinajstić information content (AvgIpc) is 2.50. The largest absolute Gasteiger partial charge is 0.497 e. The first-order valence-corrected chi connectivity index (χ1v) is 7.09. The van der Waals surface area contributed by atoms with Crippen LogP contribution < -0.4 is 10.1 Å². The molecule has 0 aromatic heterocycles. The topological polar surface area (TPSA) is 38.3 Å². The number of carbonyl (C=O) groups excluding carboxylic acids is 1. The van der Waals surface area contributed by atoms with Crippen molar-refractivity contribution < 1.29 is 9.53 Å². The number of amides is 1. The molecule has 1 atom stereocenters. The van der Waals surface area contributed by atoms with Crippen LogP contribution in [0.5, 0.6) is 5.75 Å². The van der Waals surface area contributed by atoms with Crippen molar-refractivity contribution in [1.29, 1.82) is 0 Å². The second-order valence-corrected chi connectivity index (χ2v) is 5.06. The lowest BCUT2D eigenvalue weighted by Crippen LogP contribution is -2.27. The van der Waals surface area contributed by atoms with Crippen molar-refractivity contribution in [2.24, 2.45) is 0 Å². The Morgan fingerprint density at radius 3 is 2.65 bits per heavy atom. The van der Waals surface area contributed by atoms with E-state index in [-0.39, 0.29) is 5.91 Å². The molecule has 0 radical (unpaired) electrons. The van der Waals surface area contributed by atoms with Crippen molar-refractivity contribution in [3.8, 4) is 5.75 Å². The second kappa shape index (κ2) is 6.62. The first kappa shape index (κ1) is 14.7. The molecule has 2 aromatic rings. The number of rotatable bonds is 5. The molecule has 3 nitrogen and oxygen atoms in total. The molecule has 2 rings (SSSR count). The van der Waals surface area contributed by atoms with Gasteiger partial charge in [-0.05, 0) is 41.0 Å². The standard InChI is InChI=1S/C16H18ClNO2/c1-3-8-18-16(19)15(17)13-5-4-12-10-14(20-2)7-6-11(12)9-13/h4-7,9-10,15H,3,8H2,1-2H3,(H,18,19). The van der Waals surface area contributed by atoms with Crippen LogP contribution in [0.3, 0.4) is 0 Å². The summed E-state index contributed by atoms with van der Waals surface area (Å²) in [5.41, 5.74) is 0.804. The molecule has 0 spiro atoms. The molecule has 0 saturated carbocycles. The number of alkyl halides is 1. The van der Waals surface area contributed by atoms with Crippen LogP contribution in [0, 0.1) is 0 Å². The van der Waals surface area contributed by atoms with Crippen LogP contribution >= 0.6 is 11.6 Å². The highest BCUT2D eigenvalue weighted by molar-refractivity contribution is 6.30. The highest BCUT2D eigenvalue weighted by atomic mass is 35.5. The van der Waals surface area contributed by atoms with E-state index in [4.69, 9.17) is 16.3 Å². The summed E-state index contributed by atoms with van der Waals surface area (Å²) < 4.78 is 5.19. The molecule has 106 valence electrons. The molecule has 0 heterocycles. The SMILES string of the molecule is CCCNC(=O)C(Cl)c1ccc2cc(OC)ccc2c1. The fourth-order valence-corrected chi connectivity index (χ4v) is 2.23. The Bertz CT molecular complexity index is 612. The number of halogens is 1. The normalized spacial score (nSPS) is 12.2. The zero-order valence-corrected chi connectivity index (χ0v) is 12.4. The third-order valence-electron chi connectivity index (χ3n) is 3.14. The number of hydrogen-bond donors (Lipinski definition) is 1. The van der Waals surface area contributed by atoms with E-state index in [1.54, 1.807) is 7.11 Å². The zero-order chi connectivity index (χ0) is 14.5. The van der Waals surface area contributed by atoms with Crippen LogP contribution in [0.4, 0.5) is 0 Å². The summed E-state index contributed by atoms with van der Waals surface area (Å²) in [5, 5.41) is 4.25. The van der Waals surface area contributed by atoms with E-state index in [2.05, 4.69) is 5.32 Å². The number of carbonyl (C=O) groups is 1. The molecule has 1 N–H and O–H groups in total. The van der Waals surface area contributed by atoms with Crippen molar-refractivity contribution in [3.05, 3.63) is 42.0 Å². The summed E-state index contributed by atoms with van der Waals surface area (Å²) in [5.74, 6) is 0.662. The van der Waals surface area contributed by atoms with E-state index in [9.17, 15) is 4.79 Å². The predicted molar refractivity (Wildman–Crippen MR) is 82.4 cm³/mol. The Labute approximate surface area is 123 Å². The van der Waals surface area contributed by atoms with Crippen molar-refractivity contribution in [1.82, 2.24) is 5.32 Å². The number of ether oxygens (including phenoxy) is 1. The Morgan fingerprint density at radius 2 is 1.95 bits per heavy atom. The average molecular weight is 292 g/mol. The van der Waals surface area contributed by atoms with Crippen molar-refractivity contribution in [3.63, 3.8) is 0 Å². The highest BCUT2D eigenvalue weighted by Crippen LogP contribution is 2.27. The summed E-state index contributed by atoms with van der Waals surface area (Å²) in [6, 6.07) is 11.6. The Kier molecular flexibility index (Phi) is 4.85. The third-order valence-corrected chi connectivity index (χ3v) is 3.59. The van der Waals surface area contributed by atoms with Gasteiger partial charge in [-0.25, -0.2) is 0 Å². The van der Waals surface area contributed by atoms with Gasteiger partial charge >= 0.3 is 0 Å². The van der Waals surface area contributed by atoms with Gasteiger partial charge in [0.25, 0.3) is 0 Å². The zero-order valence-electron chi connectivity index (χ0n) is 11.7. The minimum absolute atomic E-state index is 0.152. The second-order valence-electron chi connectivity index (χ2n) is 4.63. The molecule has 2 aromatic carbocycles. The summed E-state index contributed by atoms with van der Waals surface area (Å²) in [6.45, 7) is 2.65. The number of benzene rings is 2. The molecule has 4 heteroatoms. The van der Waals surface area contributed by atoms with Crippen LogP contribution in [-0.2, 0) is 4.79 Å². The van der Waals surface area contributed by atoms with E-state index in [1.165, 1.54) is 0 Å². The van der Waals surface area contributed by atoms with E-state index in [1.807, 2.05) is 43.3 Å². The summed E-state index contributed by atoms with van der Waals surface area (Å²) in [6.07, 6.45) is 0.896. The molecule has 20 heavy (non-hydrogen) atoms. The van der Waals surface area contributed by atoms with E-state index >= 15 is 0 Å². The molecular formula is C16H18ClNO2. The maximum Gasteiger partial charge on any atom is 0.242 e. The molecule has 0 aliphatic carbocycles. The van der Waals surface area contributed by atoms with Gasteiger partial charge in [-0.2, -0.15) is 0 Å². The third kappa shape index (κ3) is 3.23. The Morgan fingerprint density at radius 1 is 1.25 bits per heavy atom. The van der Waals surface area contributed by atoms with E-state index in [0.29, 0.717) is 6.54 Å². The van der Waals surface area contributed by atoms with Gasteiger partial charge in [0, 0.05) is 6.54 Å². The lowest BCUT2D eigenvalue weighted by molar-refractivity contribution is -0.120. The Balaban J connectivity index is 2.25. The van der Waals surface area contributed by atoms with Gasteiger partial charge in [-0.15, -0.1) is 11.6 Å². The van der Waals surface area contributed by atoms with Gasteiger partial charge < -0.3 is 10.1 Å². The maximum atomic E-state index is 11.9. The monoisotopic (exact) mass is 291 g/mol. The molecule has 1 amide bonds. The van der Waals surface area contributed by atoms with E-state index < -0.39 is 5.38 Å². The van der Waals surface area contributed by atoms with Crippen molar-refractivity contribution >= 4 is 28.3 Å². The molecule has 1 unspecified atom stereocenters. The maximum absolute atomic E-state index is 11.9. The lowest BCUT2D eigenvalue weighted by Gasteiger charge is -2.11. The fourth-order valence-electron chi connectivity index (χ4n) is 2.02. The Hall–Kier alpha value is -1.74. The smallest absolute Gasteiger partial charge is 0.242 e. The van der Waals surface area contributed by atoms with Crippen molar-refractivity contribution in [2.45, 2.75) is 18.7 Å². The van der Waals surface area contributed by atoms with Gasteiger partial charge in [-0.1, -0.05) is 25.1 Å². The molecular weight excluding hydrogens is 274 g/mol. The van der Waals surface area contributed by atoms with E-state index in [0.717, 1.165) is 28.5 Å². The quantitative estimate of drug-likeness (QED) is 0.854. The first-order valence-electron chi connectivity index (χ1n) is 6.65. The minimum atomic E-state index is -0.659. The number of hydrogen-bond acceptors (Lipinski definition) is 2. The van der Waals surface area contributed by atoms with Gasteiger partial charge in [0.15, 0.2) is 0 Å². The summed E-state index contributed by atoms with van der Waals surface area (Å²) in [4.78, 5) is 11.9. The van der Waals surface area contributed by atoms with Gasteiger partial charge in [0.2, 0.25) is 5.91 Å².